The Morgan fingerprint density at radius 2 is 1.70 bits per heavy atom. The number of benzene rings is 2. The molecule has 0 radical (unpaired) electrons. The lowest BCUT2D eigenvalue weighted by atomic mass is 10.00. The average Bonchev–Trinajstić information content (AvgIpc) is 3.43. The van der Waals surface area contributed by atoms with E-state index in [1.54, 1.807) is 11.8 Å². The normalized spacial score (nSPS) is 25.3. The highest BCUT2D eigenvalue weighted by Crippen LogP contribution is 2.60. The molecule has 1 saturated carbocycles. The monoisotopic (exact) mass is 420 g/mol. The highest BCUT2D eigenvalue weighted by atomic mass is 32.2. The van der Waals surface area contributed by atoms with E-state index in [4.69, 9.17) is 0 Å². The summed E-state index contributed by atoms with van der Waals surface area (Å²) in [6, 6.07) is 18.1. The number of rotatable bonds is 3. The van der Waals surface area contributed by atoms with Crippen LogP contribution in [0.25, 0.3) is 0 Å². The molecule has 1 saturated heterocycles. The van der Waals surface area contributed by atoms with Gasteiger partial charge in [-0.3, -0.25) is 9.59 Å². The van der Waals surface area contributed by atoms with Crippen LogP contribution in [0.4, 0.5) is 5.69 Å². The van der Waals surface area contributed by atoms with Gasteiger partial charge < -0.3 is 9.80 Å². The summed E-state index contributed by atoms with van der Waals surface area (Å²) in [6.07, 6.45) is 4.11. The number of nitrogens with zero attached hydrogens (tertiary/aromatic N) is 2. The number of hydrogen-bond donors (Lipinski definition) is 0. The van der Waals surface area contributed by atoms with Crippen LogP contribution in [0, 0.1) is 5.92 Å². The Balaban J connectivity index is 1.60. The highest BCUT2D eigenvalue weighted by Gasteiger charge is 2.64. The second-order valence-corrected chi connectivity index (χ2v) is 11.2. The molecule has 5 heteroatoms. The maximum atomic E-state index is 14.1. The van der Waals surface area contributed by atoms with Gasteiger partial charge in [-0.2, -0.15) is 0 Å². The molecule has 0 unspecified atom stereocenters. The van der Waals surface area contributed by atoms with E-state index in [0.29, 0.717) is 13.1 Å². The number of thioether (sulfide) groups is 1. The summed E-state index contributed by atoms with van der Waals surface area (Å²) < 4.78 is -0.181. The summed E-state index contributed by atoms with van der Waals surface area (Å²) in [4.78, 5) is 30.6. The van der Waals surface area contributed by atoms with Crippen LogP contribution in [0.3, 0.4) is 0 Å². The Kier molecular flexibility index (Phi) is 4.69. The largest absolute Gasteiger partial charge is 0.314 e. The first kappa shape index (κ1) is 19.7. The highest BCUT2D eigenvalue weighted by molar-refractivity contribution is 8.02. The van der Waals surface area contributed by atoms with Gasteiger partial charge in [-0.15, -0.1) is 11.8 Å². The first-order valence-corrected chi connectivity index (χ1v) is 11.7. The predicted octanol–water partition coefficient (Wildman–Crippen LogP) is 4.93. The van der Waals surface area contributed by atoms with Crippen LogP contribution in [0.5, 0.6) is 0 Å². The fourth-order valence-corrected chi connectivity index (χ4v) is 7.03. The van der Waals surface area contributed by atoms with Gasteiger partial charge in [0.1, 0.15) is 0 Å². The Labute approximate surface area is 182 Å². The Hall–Kier alpha value is -2.27. The van der Waals surface area contributed by atoms with Gasteiger partial charge in [0.25, 0.3) is 5.91 Å². The molecule has 0 bridgehead atoms. The van der Waals surface area contributed by atoms with E-state index in [1.807, 2.05) is 64.4 Å². The molecule has 2 aliphatic heterocycles. The molecule has 156 valence electrons. The van der Waals surface area contributed by atoms with Crippen molar-refractivity contribution in [2.45, 2.75) is 55.7 Å². The van der Waals surface area contributed by atoms with E-state index in [1.165, 1.54) is 0 Å². The molecular weight excluding hydrogens is 392 g/mol. The van der Waals surface area contributed by atoms with Crippen LogP contribution in [0.2, 0.25) is 0 Å². The third kappa shape index (κ3) is 2.97. The van der Waals surface area contributed by atoms with Gasteiger partial charge in [0, 0.05) is 22.8 Å². The molecule has 2 heterocycles. The van der Waals surface area contributed by atoms with Crippen molar-refractivity contribution in [1.82, 2.24) is 4.90 Å². The van der Waals surface area contributed by atoms with Gasteiger partial charge in [0.05, 0.1) is 12.2 Å². The summed E-state index contributed by atoms with van der Waals surface area (Å²) in [5.74, 6) is 0.240. The summed E-state index contributed by atoms with van der Waals surface area (Å²) in [6.45, 7) is 5.42. The molecule has 1 atom stereocenters. The van der Waals surface area contributed by atoms with Crippen LogP contribution in [0.1, 0.15) is 50.7 Å². The SMILES string of the molecule is CC1(C)CN(C(=O)C2CCCC2)[C@@]2(S1)C(=O)N(Cc1ccccc1)c1ccccc12. The molecule has 5 rings (SSSR count). The fraction of sp³-hybridized carbons (Fsp3) is 0.440. The lowest BCUT2D eigenvalue weighted by Crippen LogP contribution is -2.51. The zero-order valence-corrected chi connectivity index (χ0v) is 18.5. The van der Waals surface area contributed by atoms with E-state index in [9.17, 15) is 9.59 Å². The zero-order valence-electron chi connectivity index (χ0n) is 17.6. The van der Waals surface area contributed by atoms with Crippen molar-refractivity contribution in [2.75, 3.05) is 11.4 Å². The van der Waals surface area contributed by atoms with E-state index >= 15 is 0 Å². The van der Waals surface area contributed by atoms with Crippen molar-refractivity contribution in [2.24, 2.45) is 5.92 Å². The summed E-state index contributed by atoms with van der Waals surface area (Å²) in [5, 5.41) is 0. The molecule has 2 fully saturated rings. The van der Waals surface area contributed by atoms with Gasteiger partial charge in [-0.25, -0.2) is 0 Å². The molecule has 2 amide bonds. The molecule has 0 aromatic heterocycles. The van der Waals surface area contributed by atoms with Crippen LogP contribution in [-0.4, -0.2) is 28.0 Å². The summed E-state index contributed by atoms with van der Waals surface area (Å²) in [5.41, 5.74) is 2.99. The van der Waals surface area contributed by atoms with E-state index in [-0.39, 0.29) is 22.5 Å². The first-order chi connectivity index (χ1) is 14.4. The molecule has 0 N–H and O–H groups in total. The number of fused-ring (bicyclic) bond motifs is 2. The minimum absolute atomic E-state index is 0.0227. The molecule has 3 aliphatic rings. The zero-order chi connectivity index (χ0) is 20.9. The van der Waals surface area contributed by atoms with Crippen molar-refractivity contribution in [3.05, 3.63) is 65.7 Å². The Morgan fingerprint density at radius 1 is 1.03 bits per heavy atom. The third-order valence-corrected chi connectivity index (χ3v) is 8.18. The third-order valence-electron chi connectivity index (χ3n) is 6.59. The van der Waals surface area contributed by atoms with Crippen molar-refractivity contribution in [1.29, 1.82) is 0 Å². The summed E-state index contributed by atoms with van der Waals surface area (Å²) in [7, 11) is 0. The molecule has 2 aromatic rings. The maximum absolute atomic E-state index is 14.1. The molecule has 4 nitrogen and oxygen atoms in total. The van der Waals surface area contributed by atoms with Gasteiger partial charge in [0.15, 0.2) is 4.87 Å². The number of anilines is 1. The molecule has 1 spiro atoms. The number of amides is 2. The number of carbonyl (C=O) groups is 2. The number of carbonyl (C=O) groups excluding carboxylic acids is 2. The summed E-state index contributed by atoms with van der Waals surface area (Å²) >= 11 is 1.65. The van der Waals surface area contributed by atoms with Gasteiger partial charge in [-0.05, 0) is 38.3 Å². The van der Waals surface area contributed by atoms with Crippen molar-refractivity contribution in [3.8, 4) is 0 Å². The van der Waals surface area contributed by atoms with Gasteiger partial charge in [-0.1, -0.05) is 61.4 Å². The molecule has 2 aromatic carbocycles. The van der Waals surface area contributed by atoms with Crippen LogP contribution in [-0.2, 0) is 21.0 Å². The van der Waals surface area contributed by atoms with Crippen molar-refractivity contribution in [3.63, 3.8) is 0 Å². The van der Waals surface area contributed by atoms with Gasteiger partial charge >= 0.3 is 0 Å². The maximum Gasteiger partial charge on any atom is 0.268 e. The average molecular weight is 421 g/mol. The Bertz CT molecular complexity index is 984. The second-order valence-electron chi connectivity index (χ2n) is 9.31. The lowest BCUT2D eigenvalue weighted by molar-refractivity contribution is -0.143. The predicted molar refractivity (Wildman–Crippen MR) is 121 cm³/mol. The Morgan fingerprint density at radius 3 is 2.43 bits per heavy atom. The molecule has 1 aliphatic carbocycles. The minimum atomic E-state index is -0.950. The number of para-hydroxylation sites is 1. The van der Waals surface area contributed by atoms with Crippen LogP contribution >= 0.6 is 11.8 Å². The first-order valence-electron chi connectivity index (χ1n) is 10.9. The van der Waals surface area contributed by atoms with E-state index < -0.39 is 4.87 Å². The van der Waals surface area contributed by atoms with E-state index in [2.05, 4.69) is 13.8 Å². The van der Waals surface area contributed by atoms with Crippen molar-refractivity contribution < 1.29 is 9.59 Å². The van der Waals surface area contributed by atoms with Crippen molar-refractivity contribution >= 4 is 29.3 Å². The quantitative estimate of drug-likeness (QED) is 0.707. The standard InChI is InChI=1S/C25H28N2O2S/c1-24(2)17-27(22(28)19-12-6-7-13-19)25(30-24)20-14-8-9-15-21(20)26(23(25)29)16-18-10-4-3-5-11-18/h3-5,8-11,14-15,19H,6-7,12-13,16-17H2,1-2H3/t25-/m0/s1. The van der Waals surface area contributed by atoms with Crippen LogP contribution < -0.4 is 4.90 Å². The number of hydrogen-bond acceptors (Lipinski definition) is 3. The van der Waals surface area contributed by atoms with E-state index in [0.717, 1.165) is 42.5 Å². The smallest absolute Gasteiger partial charge is 0.268 e. The topological polar surface area (TPSA) is 40.6 Å². The lowest BCUT2D eigenvalue weighted by Gasteiger charge is -2.34. The second kappa shape index (κ2) is 7.16. The fourth-order valence-electron chi connectivity index (χ4n) is 5.29. The molecule has 30 heavy (non-hydrogen) atoms. The minimum Gasteiger partial charge on any atom is -0.314 e. The van der Waals surface area contributed by atoms with Gasteiger partial charge in [0.2, 0.25) is 5.91 Å². The van der Waals surface area contributed by atoms with Crippen LogP contribution in [0.15, 0.2) is 54.6 Å². The molecular formula is C25H28N2O2S.